The summed E-state index contributed by atoms with van der Waals surface area (Å²) in [7, 11) is -2.90. The summed E-state index contributed by atoms with van der Waals surface area (Å²) in [6.45, 7) is 14.1. The monoisotopic (exact) mass is 660 g/mol. The van der Waals surface area contributed by atoms with E-state index in [4.69, 9.17) is 32.5 Å². The molecule has 4 heterocycles. The molecule has 6 atom stereocenters. The van der Waals surface area contributed by atoms with Crippen LogP contribution in [0.25, 0.3) is 0 Å². The third kappa shape index (κ3) is 7.67. The molecule has 1 unspecified atom stereocenters. The first-order valence-corrected chi connectivity index (χ1v) is 15.7. The topological polar surface area (TPSA) is 203 Å². The number of hydrogen-bond acceptors (Lipinski definition) is 14. The van der Waals surface area contributed by atoms with Gasteiger partial charge < -0.3 is 24.1 Å². The van der Waals surface area contributed by atoms with Gasteiger partial charge in [-0.25, -0.2) is 23.8 Å². The Bertz CT molecular complexity index is 1460. The van der Waals surface area contributed by atoms with Crippen LogP contribution in [0.4, 0.5) is 26.1 Å². The van der Waals surface area contributed by atoms with Gasteiger partial charge in [0.05, 0.1) is 18.3 Å². The fourth-order valence-electron chi connectivity index (χ4n) is 4.90. The summed E-state index contributed by atoms with van der Waals surface area (Å²) in [5, 5.41) is 13.8. The first-order valence-electron chi connectivity index (χ1n) is 14.3. The SMILES string of the molecule is COP1(=O)OC[C@H]2O[C@@H]3[C@@H](Cc4c(nc(NC(=O)OC(C)(C)C)n(C(=O)OC(C)(C)C)c4=O)N3C(=O)OC(C)(C)C)[C@@H](O)[C@H]2O1. The largest absolute Gasteiger partial charge is 0.475 e. The highest BCUT2D eigenvalue weighted by molar-refractivity contribution is 7.48. The highest BCUT2D eigenvalue weighted by Crippen LogP contribution is 2.56. The van der Waals surface area contributed by atoms with E-state index in [9.17, 15) is 28.8 Å². The number of aromatic nitrogens is 2. The number of aliphatic hydroxyl groups excluding tert-OH is 1. The second kappa shape index (κ2) is 11.9. The fraction of sp³-hybridized carbons (Fsp3) is 0.741. The van der Waals surface area contributed by atoms with Crippen molar-refractivity contribution in [3.8, 4) is 0 Å². The van der Waals surface area contributed by atoms with E-state index in [0.717, 1.165) is 12.0 Å². The molecule has 0 aromatic carbocycles. The van der Waals surface area contributed by atoms with E-state index in [-0.39, 0.29) is 24.4 Å². The molecule has 1 aromatic heterocycles. The molecule has 0 bridgehead atoms. The van der Waals surface area contributed by atoms with E-state index >= 15 is 0 Å². The quantitative estimate of drug-likeness (QED) is 0.344. The van der Waals surface area contributed by atoms with Gasteiger partial charge in [-0.3, -0.25) is 23.7 Å². The number of phosphoric ester groups is 1. The molecule has 1 aromatic rings. The molecular weight excluding hydrogens is 619 g/mol. The van der Waals surface area contributed by atoms with Crippen LogP contribution in [-0.4, -0.2) is 88.0 Å². The molecular formula is C27H41N4O13P. The number of fused-ring (bicyclic) bond motifs is 3. The summed E-state index contributed by atoms with van der Waals surface area (Å²) < 4.78 is 51.3. The van der Waals surface area contributed by atoms with Crippen molar-refractivity contribution < 1.29 is 56.6 Å². The van der Waals surface area contributed by atoms with Crippen LogP contribution in [0.5, 0.6) is 0 Å². The van der Waals surface area contributed by atoms with Crippen molar-refractivity contribution in [2.24, 2.45) is 5.92 Å². The molecule has 0 radical (unpaired) electrons. The minimum Gasteiger partial charge on any atom is -0.444 e. The van der Waals surface area contributed by atoms with Crippen LogP contribution in [0.2, 0.25) is 0 Å². The molecule has 3 aliphatic rings. The molecule has 0 aliphatic carbocycles. The number of aliphatic hydroxyl groups is 1. The van der Waals surface area contributed by atoms with Gasteiger partial charge in [0.25, 0.3) is 5.56 Å². The van der Waals surface area contributed by atoms with E-state index in [1.807, 2.05) is 0 Å². The van der Waals surface area contributed by atoms with Crippen LogP contribution >= 0.6 is 7.82 Å². The maximum atomic E-state index is 14.1. The molecule has 4 rings (SSSR count). The van der Waals surface area contributed by atoms with E-state index in [1.54, 1.807) is 62.3 Å². The molecule has 2 saturated heterocycles. The van der Waals surface area contributed by atoms with Crippen molar-refractivity contribution in [2.45, 2.75) is 110 Å². The van der Waals surface area contributed by atoms with Crippen molar-refractivity contribution in [3.05, 3.63) is 15.9 Å². The van der Waals surface area contributed by atoms with Crippen molar-refractivity contribution in [3.63, 3.8) is 0 Å². The minimum atomic E-state index is -4.02. The van der Waals surface area contributed by atoms with Crippen molar-refractivity contribution in [2.75, 3.05) is 23.9 Å². The van der Waals surface area contributed by atoms with Crippen LogP contribution in [0.3, 0.4) is 0 Å². The maximum Gasteiger partial charge on any atom is 0.475 e. The van der Waals surface area contributed by atoms with Crippen molar-refractivity contribution in [1.82, 2.24) is 9.55 Å². The zero-order valence-electron chi connectivity index (χ0n) is 26.9. The number of nitrogens with zero attached hydrogens (tertiary/aromatic N) is 3. The normalized spacial score (nSPS) is 28.2. The Morgan fingerprint density at radius 1 is 0.978 bits per heavy atom. The van der Waals surface area contributed by atoms with Crippen LogP contribution in [-0.2, 0) is 43.5 Å². The summed E-state index contributed by atoms with van der Waals surface area (Å²) in [6.07, 6.45) is -8.51. The molecule has 252 valence electrons. The third-order valence-electron chi connectivity index (χ3n) is 6.55. The number of anilines is 2. The molecule has 45 heavy (non-hydrogen) atoms. The lowest BCUT2D eigenvalue weighted by Crippen LogP contribution is -2.66. The van der Waals surface area contributed by atoms with Gasteiger partial charge >= 0.3 is 26.1 Å². The Labute approximate surface area is 260 Å². The summed E-state index contributed by atoms with van der Waals surface area (Å²) in [5.41, 5.74) is -4.24. The van der Waals surface area contributed by atoms with Crippen LogP contribution in [0, 0.1) is 5.92 Å². The van der Waals surface area contributed by atoms with Crippen LogP contribution in [0.1, 0.15) is 67.9 Å². The van der Waals surface area contributed by atoms with Crippen LogP contribution < -0.4 is 15.8 Å². The first kappa shape index (κ1) is 34.8. The lowest BCUT2D eigenvalue weighted by atomic mass is 9.82. The number of phosphoric acid groups is 1. The molecule has 2 amide bonds. The van der Waals surface area contributed by atoms with Gasteiger partial charge in [0.1, 0.15) is 35.2 Å². The molecule has 2 fully saturated rings. The zero-order chi connectivity index (χ0) is 33.9. The van der Waals surface area contributed by atoms with Gasteiger partial charge in [0.2, 0.25) is 5.95 Å². The predicted molar refractivity (Wildman–Crippen MR) is 156 cm³/mol. The molecule has 17 nitrogen and oxygen atoms in total. The third-order valence-corrected chi connectivity index (χ3v) is 7.96. The average Bonchev–Trinajstić information content (AvgIpc) is 2.85. The minimum absolute atomic E-state index is 0.203. The second-order valence-corrected chi connectivity index (χ2v) is 15.5. The highest BCUT2D eigenvalue weighted by Gasteiger charge is 2.57. The maximum absolute atomic E-state index is 14.1. The van der Waals surface area contributed by atoms with E-state index in [2.05, 4.69) is 10.3 Å². The lowest BCUT2D eigenvalue weighted by molar-refractivity contribution is -0.219. The standard InChI is InChI=1S/C27H41N4O13P/c1-25(2,3)41-22(34)29-21-28-18-14(19(33)31(21)24(36)43-27(7,8)9)11-13-16(32)17-15(12-39-45(37,38-10)44-17)40-20(13)30(18)23(35)42-26(4,5)6/h13,15-17,20,32H,11-12H2,1-10H3,(H,28,29,34)/t13-,15+,16+,17-,20+,45?/m0/s1. The number of carbonyl (C=O) groups excluding carboxylic acids is 3. The molecule has 0 saturated carbocycles. The summed E-state index contributed by atoms with van der Waals surface area (Å²) in [5.74, 6) is -1.97. The van der Waals surface area contributed by atoms with Gasteiger partial charge in [-0.05, 0) is 68.7 Å². The second-order valence-electron chi connectivity index (χ2n) is 13.8. The van der Waals surface area contributed by atoms with Gasteiger partial charge in [0, 0.05) is 13.0 Å². The van der Waals surface area contributed by atoms with Gasteiger partial charge in [-0.1, -0.05) is 0 Å². The molecule has 2 N–H and O–H groups in total. The molecule has 3 aliphatic heterocycles. The Kier molecular flexibility index (Phi) is 9.23. The van der Waals surface area contributed by atoms with E-state index in [0.29, 0.717) is 4.57 Å². The average molecular weight is 661 g/mol. The number of carbonyl (C=O) groups is 3. The lowest BCUT2D eigenvalue weighted by Gasteiger charge is -2.51. The predicted octanol–water partition coefficient (Wildman–Crippen LogP) is 3.54. The van der Waals surface area contributed by atoms with Crippen molar-refractivity contribution >= 4 is 37.9 Å². The van der Waals surface area contributed by atoms with Crippen LogP contribution in [0.15, 0.2) is 4.79 Å². The number of rotatable bonds is 2. The van der Waals surface area contributed by atoms with Gasteiger partial charge in [-0.2, -0.15) is 9.55 Å². The molecule has 18 heteroatoms. The Morgan fingerprint density at radius 2 is 1.56 bits per heavy atom. The number of hydrogen-bond donors (Lipinski definition) is 2. The number of ether oxygens (including phenoxy) is 4. The number of amides is 2. The highest BCUT2D eigenvalue weighted by atomic mass is 31.2. The van der Waals surface area contributed by atoms with Gasteiger partial charge in [-0.15, -0.1) is 0 Å². The van der Waals surface area contributed by atoms with E-state index in [1.165, 1.54) is 0 Å². The molecule has 0 spiro atoms. The summed E-state index contributed by atoms with van der Waals surface area (Å²) in [6, 6.07) is 0. The zero-order valence-corrected chi connectivity index (χ0v) is 27.8. The number of nitrogens with one attached hydrogen (secondary N) is 1. The Balaban J connectivity index is 1.90. The summed E-state index contributed by atoms with van der Waals surface area (Å²) >= 11 is 0. The Morgan fingerprint density at radius 3 is 2.11 bits per heavy atom. The summed E-state index contributed by atoms with van der Waals surface area (Å²) in [4.78, 5) is 59.3. The smallest absolute Gasteiger partial charge is 0.444 e. The van der Waals surface area contributed by atoms with Crippen molar-refractivity contribution in [1.29, 1.82) is 0 Å². The Hall–Kier alpha value is -3.08. The van der Waals surface area contributed by atoms with Gasteiger partial charge in [0.15, 0.2) is 5.82 Å². The van der Waals surface area contributed by atoms with E-state index < -0.39 is 84.9 Å². The first-order chi connectivity index (χ1) is 20.5. The fourth-order valence-corrected chi connectivity index (χ4v) is 6.04.